The third-order valence-corrected chi connectivity index (χ3v) is 6.40. The first-order valence-corrected chi connectivity index (χ1v) is 11.9. The van der Waals surface area contributed by atoms with E-state index in [-0.39, 0.29) is 17.3 Å². The highest BCUT2D eigenvalue weighted by Gasteiger charge is 2.20. The molecule has 5 N–H and O–H groups in total. The van der Waals surface area contributed by atoms with E-state index in [2.05, 4.69) is 21.3 Å². The Hall–Kier alpha value is -3.11. The lowest BCUT2D eigenvalue weighted by Gasteiger charge is -2.27. The van der Waals surface area contributed by atoms with Gasteiger partial charge in [-0.3, -0.25) is 15.0 Å². The van der Waals surface area contributed by atoms with E-state index in [1.807, 2.05) is 24.3 Å². The van der Waals surface area contributed by atoms with E-state index < -0.39 is 4.92 Å². The molecule has 4 rings (SSSR count). The number of halogens is 2. The second-order valence-electron chi connectivity index (χ2n) is 8.26. The van der Waals surface area contributed by atoms with Gasteiger partial charge in [0.05, 0.1) is 18.1 Å². The third kappa shape index (κ3) is 6.12. The van der Waals surface area contributed by atoms with Crippen LogP contribution in [0.2, 0.25) is 10.0 Å². The molecule has 1 aliphatic rings. The van der Waals surface area contributed by atoms with Crippen LogP contribution in [0.25, 0.3) is 11.1 Å². The number of nitrogens with two attached hydrogens (primary N) is 2. The number of nitrogens with zero attached hydrogens (tertiary/aromatic N) is 3. The number of hydrogen-bond donors (Lipinski definition) is 3. The molecule has 2 aromatic carbocycles. The molecule has 1 fully saturated rings. The smallest absolute Gasteiger partial charge is 0.314 e. The Morgan fingerprint density at radius 3 is 2.54 bits per heavy atom. The second-order valence-corrected chi connectivity index (χ2v) is 9.10. The van der Waals surface area contributed by atoms with Crippen molar-refractivity contribution in [3.63, 3.8) is 0 Å². The number of pyridine rings is 1. The number of nitrogen functional groups attached to an aromatic ring is 2. The minimum absolute atomic E-state index is 0.148. The van der Waals surface area contributed by atoms with Gasteiger partial charge in [0.2, 0.25) is 5.82 Å². The zero-order valence-electron chi connectivity index (χ0n) is 19.0. The standard InChI is InChI=1S/C24H26Cl2N6O3/c25-17-2-4-19(21(26)12-17)20-13-18(3-1-16(20)14-31-7-9-35-10-8-31)29-6-5-15-11-22(27)30-24(28)23(15)32(33)34/h1-4,11-13,29H,5-10,14H2,(H4,27,28,30). The molecule has 0 saturated carbocycles. The number of hydrogen-bond acceptors (Lipinski definition) is 8. The number of aromatic nitrogens is 1. The summed E-state index contributed by atoms with van der Waals surface area (Å²) < 4.78 is 5.47. The van der Waals surface area contributed by atoms with Crippen LogP contribution in [0.5, 0.6) is 0 Å². The van der Waals surface area contributed by atoms with E-state index in [0.717, 1.165) is 42.0 Å². The fourth-order valence-electron chi connectivity index (χ4n) is 4.16. The SMILES string of the molecule is Nc1cc(CCNc2ccc(CN3CCOCC3)c(-c3ccc(Cl)cc3Cl)c2)c([N+](=O)[O-])c(N)n1. The minimum Gasteiger partial charge on any atom is -0.385 e. The highest BCUT2D eigenvalue weighted by molar-refractivity contribution is 6.36. The molecule has 0 unspecified atom stereocenters. The normalized spacial score (nSPS) is 14.1. The van der Waals surface area contributed by atoms with Crippen LogP contribution in [0.3, 0.4) is 0 Å². The number of ether oxygens (including phenoxy) is 1. The highest BCUT2D eigenvalue weighted by atomic mass is 35.5. The van der Waals surface area contributed by atoms with Gasteiger partial charge in [-0.1, -0.05) is 35.3 Å². The molecule has 3 aromatic rings. The molecule has 1 aromatic heterocycles. The Morgan fingerprint density at radius 2 is 1.83 bits per heavy atom. The summed E-state index contributed by atoms with van der Waals surface area (Å²) in [5, 5.41) is 15.9. The third-order valence-electron chi connectivity index (χ3n) is 5.85. The summed E-state index contributed by atoms with van der Waals surface area (Å²) in [5.74, 6) is -0.0348. The molecule has 35 heavy (non-hydrogen) atoms. The molecule has 0 spiro atoms. The maximum absolute atomic E-state index is 11.4. The van der Waals surface area contributed by atoms with Gasteiger partial charge in [0.1, 0.15) is 5.82 Å². The van der Waals surface area contributed by atoms with Crippen LogP contribution in [0, 0.1) is 10.1 Å². The van der Waals surface area contributed by atoms with E-state index in [1.54, 1.807) is 6.07 Å². The lowest BCUT2D eigenvalue weighted by atomic mass is 9.98. The van der Waals surface area contributed by atoms with Gasteiger partial charge in [-0.15, -0.1) is 0 Å². The van der Waals surface area contributed by atoms with Crippen LogP contribution >= 0.6 is 23.2 Å². The van der Waals surface area contributed by atoms with Crippen LogP contribution in [-0.4, -0.2) is 47.7 Å². The average Bonchev–Trinajstić information content (AvgIpc) is 2.80. The Labute approximate surface area is 213 Å². The van der Waals surface area contributed by atoms with Gasteiger partial charge in [0.25, 0.3) is 0 Å². The van der Waals surface area contributed by atoms with E-state index in [4.69, 9.17) is 39.4 Å². The van der Waals surface area contributed by atoms with Crippen LogP contribution in [0.1, 0.15) is 11.1 Å². The van der Waals surface area contributed by atoms with Crippen LogP contribution in [0.15, 0.2) is 42.5 Å². The van der Waals surface area contributed by atoms with E-state index in [1.165, 1.54) is 6.07 Å². The monoisotopic (exact) mass is 516 g/mol. The summed E-state index contributed by atoms with van der Waals surface area (Å²) in [4.78, 5) is 17.0. The van der Waals surface area contributed by atoms with Crippen molar-refractivity contribution in [2.24, 2.45) is 0 Å². The quantitative estimate of drug-likeness (QED) is 0.291. The fourth-order valence-corrected chi connectivity index (χ4v) is 4.67. The molecule has 0 aliphatic carbocycles. The van der Waals surface area contributed by atoms with Gasteiger partial charge in [-0.25, -0.2) is 4.98 Å². The summed E-state index contributed by atoms with van der Waals surface area (Å²) in [6.07, 6.45) is 0.347. The van der Waals surface area contributed by atoms with Gasteiger partial charge in [-0.2, -0.15) is 0 Å². The average molecular weight is 517 g/mol. The summed E-state index contributed by atoms with van der Waals surface area (Å²) in [6.45, 7) is 4.36. The molecule has 2 heterocycles. The molecule has 1 aliphatic heterocycles. The van der Waals surface area contributed by atoms with Crippen molar-refractivity contribution in [1.82, 2.24) is 9.88 Å². The number of rotatable bonds is 8. The summed E-state index contributed by atoms with van der Waals surface area (Å²) >= 11 is 12.7. The molecule has 0 amide bonds. The van der Waals surface area contributed by atoms with Crippen molar-refractivity contribution in [2.75, 3.05) is 49.6 Å². The molecule has 184 valence electrons. The van der Waals surface area contributed by atoms with E-state index >= 15 is 0 Å². The zero-order chi connectivity index (χ0) is 24.9. The Kier molecular flexibility index (Phi) is 7.92. The maximum Gasteiger partial charge on any atom is 0.314 e. The molecule has 0 radical (unpaired) electrons. The number of nitro groups is 1. The van der Waals surface area contributed by atoms with Crippen molar-refractivity contribution >= 4 is 46.2 Å². The fraction of sp³-hybridized carbons (Fsp3) is 0.292. The first-order valence-electron chi connectivity index (χ1n) is 11.1. The van der Waals surface area contributed by atoms with Gasteiger partial charge in [0.15, 0.2) is 0 Å². The molecule has 0 atom stereocenters. The molecular formula is C24H26Cl2N6O3. The lowest BCUT2D eigenvalue weighted by Crippen LogP contribution is -2.35. The number of nitrogens with one attached hydrogen (secondary N) is 1. The Bertz CT molecular complexity index is 1230. The topological polar surface area (TPSA) is 133 Å². The minimum atomic E-state index is -0.530. The molecule has 9 nitrogen and oxygen atoms in total. The van der Waals surface area contributed by atoms with E-state index in [0.29, 0.717) is 41.8 Å². The Balaban J connectivity index is 1.58. The zero-order valence-corrected chi connectivity index (χ0v) is 20.5. The largest absolute Gasteiger partial charge is 0.385 e. The van der Waals surface area contributed by atoms with Gasteiger partial charge >= 0.3 is 5.69 Å². The lowest BCUT2D eigenvalue weighted by molar-refractivity contribution is -0.384. The molecule has 0 bridgehead atoms. The van der Waals surface area contributed by atoms with Crippen molar-refractivity contribution in [3.05, 3.63) is 73.8 Å². The molecular weight excluding hydrogens is 491 g/mol. The van der Waals surface area contributed by atoms with Gasteiger partial charge in [-0.05, 0) is 47.9 Å². The highest BCUT2D eigenvalue weighted by Crippen LogP contribution is 2.35. The second kappa shape index (κ2) is 11.1. The van der Waals surface area contributed by atoms with Crippen molar-refractivity contribution in [1.29, 1.82) is 0 Å². The molecule has 1 saturated heterocycles. The summed E-state index contributed by atoms with van der Waals surface area (Å²) in [6, 6.07) is 13.1. The number of morpholine rings is 1. The summed E-state index contributed by atoms with van der Waals surface area (Å²) in [5.41, 5.74) is 15.5. The van der Waals surface area contributed by atoms with Crippen molar-refractivity contribution < 1.29 is 9.66 Å². The number of anilines is 3. The predicted octanol–water partition coefficient (Wildman–Crippen LogP) is 4.61. The van der Waals surface area contributed by atoms with Crippen molar-refractivity contribution in [3.8, 4) is 11.1 Å². The van der Waals surface area contributed by atoms with E-state index in [9.17, 15) is 10.1 Å². The van der Waals surface area contributed by atoms with Crippen molar-refractivity contribution in [2.45, 2.75) is 13.0 Å². The van der Waals surface area contributed by atoms with Crippen LogP contribution in [0.4, 0.5) is 23.0 Å². The Morgan fingerprint density at radius 1 is 1.06 bits per heavy atom. The predicted molar refractivity (Wildman–Crippen MR) is 140 cm³/mol. The van der Waals surface area contributed by atoms with Crippen LogP contribution < -0.4 is 16.8 Å². The first-order chi connectivity index (χ1) is 16.8. The van der Waals surface area contributed by atoms with Crippen LogP contribution in [-0.2, 0) is 17.7 Å². The maximum atomic E-state index is 11.4. The number of benzene rings is 2. The summed E-state index contributed by atoms with van der Waals surface area (Å²) in [7, 11) is 0. The van der Waals surface area contributed by atoms with Gasteiger partial charge < -0.3 is 21.5 Å². The molecule has 11 heteroatoms. The first kappa shape index (κ1) is 25.0. The van der Waals surface area contributed by atoms with Gasteiger partial charge in [0, 0.05) is 53.0 Å².